The predicted molar refractivity (Wildman–Crippen MR) is 57.7 cm³/mol. The van der Waals surface area contributed by atoms with Crippen LogP contribution >= 0.6 is 0 Å². The summed E-state index contributed by atoms with van der Waals surface area (Å²) in [5.74, 6) is -0.322. The smallest absolute Gasteiger partial charge is 0.354 e. The minimum Gasteiger partial charge on any atom is -0.464 e. The van der Waals surface area contributed by atoms with Crippen LogP contribution in [0.5, 0.6) is 0 Å². The fourth-order valence-electron chi connectivity index (χ4n) is 1.94. The van der Waals surface area contributed by atoms with Crippen molar-refractivity contribution in [2.45, 2.75) is 25.8 Å². The molecule has 1 heterocycles. The van der Waals surface area contributed by atoms with Crippen molar-refractivity contribution in [3.05, 3.63) is 24.0 Å². The molecule has 0 N–H and O–H groups in total. The largest absolute Gasteiger partial charge is 0.464 e. The van der Waals surface area contributed by atoms with E-state index < -0.39 is 0 Å². The van der Waals surface area contributed by atoms with Gasteiger partial charge in [0.15, 0.2) is 0 Å². The summed E-state index contributed by atoms with van der Waals surface area (Å²) in [5.41, 5.74) is 0.656. The Morgan fingerprint density at radius 2 is 2.44 bits per heavy atom. The van der Waals surface area contributed by atoms with Crippen LogP contribution in [0, 0.1) is 16.7 Å². The number of rotatable bonds is 4. The molecule has 1 aromatic rings. The summed E-state index contributed by atoms with van der Waals surface area (Å²) in [6.07, 6.45) is 4.56. The molecule has 4 nitrogen and oxygen atoms in total. The van der Waals surface area contributed by atoms with Gasteiger partial charge in [0.1, 0.15) is 5.69 Å². The van der Waals surface area contributed by atoms with E-state index in [1.165, 1.54) is 7.11 Å². The molecule has 2 rings (SSSR count). The van der Waals surface area contributed by atoms with E-state index in [9.17, 15) is 4.79 Å². The first-order chi connectivity index (χ1) is 7.71. The molecule has 84 valence electrons. The molecule has 0 unspecified atom stereocenters. The second-order valence-electron chi connectivity index (χ2n) is 4.35. The highest BCUT2D eigenvalue weighted by atomic mass is 16.5. The summed E-state index contributed by atoms with van der Waals surface area (Å²) < 4.78 is 6.59. The molecule has 4 heteroatoms. The van der Waals surface area contributed by atoms with E-state index in [-0.39, 0.29) is 11.4 Å². The topological polar surface area (TPSA) is 55.0 Å². The van der Waals surface area contributed by atoms with Crippen molar-refractivity contribution in [1.29, 1.82) is 5.26 Å². The molecular weight excluding hydrogens is 204 g/mol. The number of ether oxygens (including phenoxy) is 1. The number of hydrogen-bond acceptors (Lipinski definition) is 3. The Balaban J connectivity index is 2.14. The van der Waals surface area contributed by atoms with Gasteiger partial charge >= 0.3 is 5.97 Å². The monoisotopic (exact) mass is 218 g/mol. The van der Waals surface area contributed by atoms with Gasteiger partial charge in [-0.2, -0.15) is 5.26 Å². The number of methoxy groups -OCH3 is 1. The maximum Gasteiger partial charge on any atom is 0.354 e. The highest BCUT2D eigenvalue weighted by molar-refractivity contribution is 5.87. The predicted octanol–water partition coefficient (Wildman–Crippen LogP) is 1.97. The van der Waals surface area contributed by atoms with E-state index >= 15 is 0 Å². The first-order valence-corrected chi connectivity index (χ1v) is 5.31. The standard InChI is InChI=1S/C12H14N2O2/c1-16-11(15)10-3-2-8-14(10)9-12(4-5-12)6-7-13/h2-3,8H,4-6,9H2,1H3. The van der Waals surface area contributed by atoms with E-state index in [1.807, 2.05) is 16.8 Å². The zero-order valence-corrected chi connectivity index (χ0v) is 9.27. The summed E-state index contributed by atoms with van der Waals surface area (Å²) in [5, 5.41) is 8.74. The molecule has 1 aliphatic carbocycles. The number of hydrogen-bond donors (Lipinski definition) is 0. The van der Waals surface area contributed by atoms with Crippen molar-refractivity contribution >= 4 is 5.97 Å². The maximum absolute atomic E-state index is 11.5. The Labute approximate surface area is 94.4 Å². The Morgan fingerprint density at radius 1 is 1.69 bits per heavy atom. The van der Waals surface area contributed by atoms with E-state index in [1.54, 1.807) is 6.07 Å². The highest BCUT2D eigenvalue weighted by Crippen LogP contribution is 2.50. The van der Waals surface area contributed by atoms with Crippen LogP contribution in [-0.2, 0) is 11.3 Å². The lowest BCUT2D eigenvalue weighted by Crippen LogP contribution is -2.16. The Hall–Kier alpha value is -1.76. The average molecular weight is 218 g/mol. The number of esters is 1. The van der Waals surface area contributed by atoms with Crippen molar-refractivity contribution in [3.63, 3.8) is 0 Å². The Morgan fingerprint density at radius 3 is 3.00 bits per heavy atom. The molecule has 1 aromatic heterocycles. The van der Waals surface area contributed by atoms with E-state index in [4.69, 9.17) is 10.00 Å². The van der Waals surface area contributed by atoms with Crippen LogP contribution in [0.25, 0.3) is 0 Å². The normalized spacial score (nSPS) is 16.5. The number of aromatic nitrogens is 1. The number of carbonyl (C=O) groups is 1. The van der Waals surface area contributed by atoms with E-state index in [0.717, 1.165) is 19.4 Å². The van der Waals surface area contributed by atoms with Gasteiger partial charge in [-0.05, 0) is 25.0 Å². The molecule has 0 bridgehead atoms. The molecule has 0 aliphatic heterocycles. The zero-order valence-electron chi connectivity index (χ0n) is 9.27. The van der Waals surface area contributed by atoms with Crippen LogP contribution in [0.3, 0.4) is 0 Å². The second kappa shape index (κ2) is 4.01. The molecule has 1 fully saturated rings. The lowest BCUT2D eigenvalue weighted by Gasteiger charge is -2.14. The van der Waals surface area contributed by atoms with Gasteiger partial charge in [-0.25, -0.2) is 4.79 Å². The van der Waals surface area contributed by atoms with Gasteiger partial charge in [0, 0.05) is 24.6 Å². The summed E-state index contributed by atoms with van der Waals surface area (Å²) in [7, 11) is 1.38. The van der Waals surface area contributed by atoms with Gasteiger partial charge in [-0.15, -0.1) is 0 Å². The lowest BCUT2D eigenvalue weighted by molar-refractivity contribution is 0.0587. The lowest BCUT2D eigenvalue weighted by atomic mass is 10.0. The zero-order chi connectivity index (χ0) is 11.6. The van der Waals surface area contributed by atoms with Crippen LogP contribution in [0.1, 0.15) is 29.8 Å². The van der Waals surface area contributed by atoms with Crippen molar-refractivity contribution in [1.82, 2.24) is 4.57 Å². The molecule has 0 atom stereocenters. The maximum atomic E-state index is 11.5. The van der Waals surface area contributed by atoms with Gasteiger partial charge in [-0.3, -0.25) is 0 Å². The first kappa shape index (κ1) is 10.7. The van der Waals surface area contributed by atoms with Crippen LogP contribution in [0.2, 0.25) is 0 Å². The molecule has 1 saturated carbocycles. The second-order valence-corrected chi connectivity index (χ2v) is 4.35. The van der Waals surface area contributed by atoms with Gasteiger partial charge in [0.25, 0.3) is 0 Å². The number of nitriles is 1. The molecule has 0 amide bonds. The van der Waals surface area contributed by atoms with E-state index in [2.05, 4.69) is 6.07 Å². The molecule has 0 radical (unpaired) electrons. The van der Waals surface area contributed by atoms with Gasteiger partial charge in [0.2, 0.25) is 0 Å². The first-order valence-electron chi connectivity index (χ1n) is 5.31. The van der Waals surface area contributed by atoms with Crippen LogP contribution < -0.4 is 0 Å². The SMILES string of the molecule is COC(=O)c1cccn1CC1(CC#N)CC1. The number of carbonyl (C=O) groups excluding carboxylic acids is 1. The van der Waals surface area contributed by atoms with Gasteiger partial charge in [0.05, 0.1) is 13.2 Å². The van der Waals surface area contributed by atoms with Crippen molar-refractivity contribution < 1.29 is 9.53 Å². The molecule has 0 spiro atoms. The number of nitrogens with zero attached hydrogens (tertiary/aromatic N) is 2. The third-order valence-electron chi connectivity index (χ3n) is 3.14. The van der Waals surface area contributed by atoms with Crippen molar-refractivity contribution in [2.24, 2.45) is 5.41 Å². The minimum atomic E-state index is -0.322. The van der Waals surface area contributed by atoms with Gasteiger partial charge < -0.3 is 9.30 Å². The summed E-state index contributed by atoms with van der Waals surface area (Å²) in [6, 6.07) is 5.79. The minimum absolute atomic E-state index is 0.0938. The summed E-state index contributed by atoms with van der Waals surface area (Å²) >= 11 is 0. The molecule has 0 aromatic carbocycles. The summed E-state index contributed by atoms with van der Waals surface area (Å²) in [6.45, 7) is 0.734. The highest BCUT2D eigenvalue weighted by Gasteiger charge is 2.43. The summed E-state index contributed by atoms with van der Waals surface area (Å²) in [4.78, 5) is 11.5. The van der Waals surface area contributed by atoms with Crippen LogP contribution in [-0.4, -0.2) is 17.6 Å². The van der Waals surface area contributed by atoms with Crippen molar-refractivity contribution in [2.75, 3.05) is 7.11 Å². The Kier molecular flexibility index (Phi) is 2.69. The third kappa shape index (κ3) is 1.94. The van der Waals surface area contributed by atoms with Crippen LogP contribution in [0.4, 0.5) is 0 Å². The molecule has 0 saturated heterocycles. The molecule has 16 heavy (non-hydrogen) atoms. The molecular formula is C12H14N2O2. The third-order valence-corrected chi connectivity index (χ3v) is 3.14. The van der Waals surface area contributed by atoms with Crippen LogP contribution in [0.15, 0.2) is 18.3 Å². The van der Waals surface area contributed by atoms with Gasteiger partial charge in [-0.1, -0.05) is 0 Å². The Bertz CT molecular complexity index is 438. The fraction of sp³-hybridized carbons (Fsp3) is 0.500. The van der Waals surface area contributed by atoms with E-state index in [0.29, 0.717) is 12.1 Å². The fourth-order valence-corrected chi connectivity index (χ4v) is 1.94. The quantitative estimate of drug-likeness (QED) is 0.726. The average Bonchev–Trinajstić information content (AvgIpc) is 2.87. The van der Waals surface area contributed by atoms with Crippen molar-refractivity contribution in [3.8, 4) is 6.07 Å². The molecule has 1 aliphatic rings.